The van der Waals surface area contributed by atoms with Gasteiger partial charge in [-0.2, -0.15) is 0 Å². The lowest BCUT2D eigenvalue weighted by molar-refractivity contribution is 0.259. The van der Waals surface area contributed by atoms with Crippen LogP contribution in [0.2, 0.25) is 0 Å². The van der Waals surface area contributed by atoms with Crippen molar-refractivity contribution in [3.05, 3.63) is 46.7 Å². The van der Waals surface area contributed by atoms with Crippen LogP contribution in [0.15, 0.2) is 41.8 Å². The number of urea groups is 1. The van der Waals surface area contributed by atoms with Gasteiger partial charge in [-0.05, 0) is 36.6 Å². The molecule has 2 rings (SSSR count). The maximum atomic E-state index is 10.8. The van der Waals surface area contributed by atoms with Crippen LogP contribution in [0.1, 0.15) is 17.8 Å². The van der Waals surface area contributed by atoms with Gasteiger partial charge in [0.25, 0.3) is 0 Å². The Balaban J connectivity index is 2.07. The molecule has 2 aromatic rings. The number of primary amides is 1. The van der Waals surface area contributed by atoms with Gasteiger partial charge in [-0.15, -0.1) is 11.3 Å². The molecule has 0 aliphatic carbocycles. The van der Waals surface area contributed by atoms with E-state index in [4.69, 9.17) is 5.73 Å². The zero-order valence-electron chi connectivity index (χ0n) is 10.0. The minimum Gasteiger partial charge on any atom is -0.378 e. The lowest BCUT2D eigenvalue weighted by Crippen LogP contribution is -2.19. The lowest BCUT2D eigenvalue weighted by atomic mass is 10.2. The number of nitrogens with two attached hydrogens (primary N) is 1. The first-order valence-corrected chi connectivity index (χ1v) is 6.49. The summed E-state index contributed by atoms with van der Waals surface area (Å²) in [5.74, 6) is 0. The maximum absolute atomic E-state index is 10.8. The molecule has 94 valence electrons. The molecule has 1 unspecified atom stereocenters. The van der Waals surface area contributed by atoms with Gasteiger partial charge in [-0.25, -0.2) is 4.79 Å². The fourth-order valence-electron chi connectivity index (χ4n) is 1.69. The maximum Gasteiger partial charge on any atom is 0.316 e. The minimum absolute atomic E-state index is 0.230. The van der Waals surface area contributed by atoms with Crippen molar-refractivity contribution in [2.75, 3.05) is 10.6 Å². The van der Waals surface area contributed by atoms with Gasteiger partial charge in [0.15, 0.2) is 0 Å². The summed E-state index contributed by atoms with van der Waals surface area (Å²) in [6.07, 6.45) is 0. The van der Waals surface area contributed by atoms with E-state index < -0.39 is 6.03 Å². The highest BCUT2D eigenvalue weighted by Crippen LogP contribution is 2.24. The van der Waals surface area contributed by atoms with Crippen molar-refractivity contribution in [3.8, 4) is 0 Å². The molecule has 0 saturated heterocycles. The van der Waals surface area contributed by atoms with E-state index in [0.717, 1.165) is 5.69 Å². The first-order chi connectivity index (χ1) is 8.65. The second kappa shape index (κ2) is 5.55. The van der Waals surface area contributed by atoms with E-state index >= 15 is 0 Å². The van der Waals surface area contributed by atoms with Crippen molar-refractivity contribution in [3.63, 3.8) is 0 Å². The molecular weight excluding hydrogens is 246 g/mol. The summed E-state index contributed by atoms with van der Waals surface area (Å²) in [4.78, 5) is 12.0. The van der Waals surface area contributed by atoms with Gasteiger partial charge in [-0.1, -0.05) is 12.1 Å². The topological polar surface area (TPSA) is 67.2 Å². The third kappa shape index (κ3) is 3.24. The normalized spacial score (nSPS) is 11.8. The summed E-state index contributed by atoms with van der Waals surface area (Å²) in [7, 11) is 0. The fraction of sp³-hybridized carbons (Fsp3) is 0.154. The summed E-state index contributed by atoms with van der Waals surface area (Å²) < 4.78 is 0. The van der Waals surface area contributed by atoms with Gasteiger partial charge in [0.1, 0.15) is 0 Å². The number of benzene rings is 1. The van der Waals surface area contributed by atoms with Crippen molar-refractivity contribution in [1.82, 2.24) is 0 Å². The molecular formula is C13H15N3OS. The van der Waals surface area contributed by atoms with Gasteiger partial charge >= 0.3 is 6.03 Å². The Kier molecular flexibility index (Phi) is 3.84. The number of hydrogen-bond acceptors (Lipinski definition) is 3. The van der Waals surface area contributed by atoms with Crippen molar-refractivity contribution in [1.29, 1.82) is 0 Å². The summed E-state index contributed by atoms with van der Waals surface area (Å²) in [5, 5.41) is 7.98. The number of amides is 2. The van der Waals surface area contributed by atoms with E-state index in [1.807, 2.05) is 24.3 Å². The molecule has 1 heterocycles. The molecule has 18 heavy (non-hydrogen) atoms. The Labute approximate surface area is 110 Å². The molecule has 0 spiro atoms. The molecule has 4 N–H and O–H groups in total. The van der Waals surface area contributed by atoms with E-state index in [9.17, 15) is 4.79 Å². The molecule has 1 aromatic heterocycles. The number of thiophene rings is 1. The molecule has 1 aromatic carbocycles. The van der Waals surface area contributed by atoms with Crippen molar-refractivity contribution in [2.45, 2.75) is 13.0 Å². The number of nitrogens with one attached hydrogen (secondary N) is 2. The lowest BCUT2D eigenvalue weighted by Gasteiger charge is -2.14. The van der Waals surface area contributed by atoms with Crippen LogP contribution < -0.4 is 16.4 Å². The number of carbonyl (C=O) groups is 1. The van der Waals surface area contributed by atoms with Crippen LogP contribution in [-0.2, 0) is 0 Å². The van der Waals surface area contributed by atoms with Gasteiger partial charge in [0.2, 0.25) is 0 Å². The SMILES string of the molecule is CC(Nc1cccc(NC(N)=O)c1)c1cccs1. The van der Waals surface area contributed by atoms with Gasteiger partial charge in [0, 0.05) is 16.3 Å². The zero-order chi connectivity index (χ0) is 13.0. The van der Waals surface area contributed by atoms with Gasteiger partial charge in [0.05, 0.1) is 6.04 Å². The first-order valence-electron chi connectivity index (χ1n) is 5.61. The van der Waals surface area contributed by atoms with Crippen LogP contribution in [0.4, 0.5) is 16.2 Å². The molecule has 0 fully saturated rings. The fourth-order valence-corrected chi connectivity index (χ4v) is 2.42. The number of rotatable bonds is 4. The molecule has 4 nitrogen and oxygen atoms in total. The average Bonchev–Trinajstić information content (AvgIpc) is 2.81. The van der Waals surface area contributed by atoms with Crippen molar-refractivity contribution in [2.24, 2.45) is 5.73 Å². The van der Waals surface area contributed by atoms with Gasteiger partial charge < -0.3 is 16.4 Å². The number of carbonyl (C=O) groups excluding carboxylic acids is 1. The summed E-state index contributed by atoms with van der Waals surface area (Å²) in [6.45, 7) is 2.10. The van der Waals surface area contributed by atoms with Crippen LogP contribution >= 0.6 is 11.3 Å². The average molecular weight is 261 g/mol. The Bertz CT molecular complexity index is 525. The predicted octanol–water partition coefficient (Wildman–Crippen LogP) is 3.41. The predicted molar refractivity (Wildman–Crippen MR) is 76.0 cm³/mol. The highest BCUT2D eigenvalue weighted by Gasteiger charge is 2.06. The molecule has 0 aliphatic rings. The second-order valence-electron chi connectivity index (χ2n) is 3.95. The second-order valence-corrected chi connectivity index (χ2v) is 4.93. The number of hydrogen-bond donors (Lipinski definition) is 3. The Hall–Kier alpha value is -2.01. The number of anilines is 2. The van der Waals surface area contributed by atoms with Crippen LogP contribution in [0.25, 0.3) is 0 Å². The largest absolute Gasteiger partial charge is 0.378 e. The molecule has 2 amide bonds. The van der Waals surface area contributed by atoms with Gasteiger partial charge in [-0.3, -0.25) is 0 Å². The van der Waals surface area contributed by atoms with E-state index in [1.54, 1.807) is 17.4 Å². The van der Waals surface area contributed by atoms with Crippen molar-refractivity contribution >= 4 is 28.7 Å². The Morgan fingerprint density at radius 3 is 2.72 bits per heavy atom. The monoisotopic (exact) mass is 261 g/mol. The summed E-state index contributed by atoms with van der Waals surface area (Å²) in [5.41, 5.74) is 6.72. The Morgan fingerprint density at radius 2 is 2.06 bits per heavy atom. The highest BCUT2D eigenvalue weighted by molar-refractivity contribution is 7.10. The standard InChI is InChI=1S/C13H15N3OS/c1-9(12-6-3-7-18-12)15-10-4-2-5-11(8-10)16-13(14)17/h2-9,15H,1H3,(H3,14,16,17). The van der Waals surface area contributed by atoms with Crippen LogP contribution in [0.5, 0.6) is 0 Å². The first kappa shape index (κ1) is 12.4. The van der Waals surface area contributed by atoms with Crippen LogP contribution in [0, 0.1) is 0 Å². The Morgan fingerprint density at radius 1 is 1.28 bits per heavy atom. The highest BCUT2D eigenvalue weighted by atomic mass is 32.1. The van der Waals surface area contributed by atoms with E-state index in [-0.39, 0.29) is 6.04 Å². The van der Waals surface area contributed by atoms with E-state index in [2.05, 4.69) is 29.0 Å². The smallest absolute Gasteiger partial charge is 0.316 e. The van der Waals surface area contributed by atoms with E-state index in [0.29, 0.717) is 5.69 Å². The molecule has 0 aliphatic heterocycles. The molecule has 1 atom stereocenters. The third-order valence-electron chi connectivity index (χ3n) is 2.48. The summed E-state index contributed by atoms with van der Waals surface area (Å²) in [6, 6.07) is 11.3. The zero-order valence-corrected chi connectivity index (χ0v) is 10.8. The molecule has 0 radical (unpaired) electrons. The minimum atomic E-state index is -0.557. The van der Waals surface area contributed by atoms with Crippen molar-refractivity contribution < 1.29 is 4.79 Å². The summed E-state index contributed by atoms with van der Waals surface area (Å²) >= 11 is 1.71. The molecule has 0 saturated carbocycles. The van der Waals surface area contributed by atoms with E-state index in [1.165, 1.54) is 4.88 Å². The quantitative estimate of drug-likeness (QED) is 0.789. The molecule has 5 heteroatoms. The third-order valence-corrected chi connectivity index (χ3v) is 3.54. The van der Waals surface area contributed by atoms with Crippen LogP contribution in [-0.4, -0.2) is 6.03 Å². The molecule has 0 bridgehead atoms. The van der Waals surface area contributed by atoms with Crippen LogP contribution in [0.3, 0.4) is 0 Å².